The summed E-state index contributed by atoms with van der Waals surface area (Å²) in [4.78, 5) is 2.41. The average Bonchev–Trinajstić information content (AvgIpc) is 4.04. The van der Waals surface area contributed by atoms with Crippen molar-refractivity contribution in [2.24, 2.45) is 0 Å². The number of hydrogen-bond donors (Lipinski definition) is 0. The quantitative estimate of drug-likeness (QED) is 0.173. The summed E-state index contributed by atoms with van der Waals surface area (Å²) in [6.07, 6.45) is 0. The van der Waals surface area contributed by atoms with Crippen molar-refractivity contribution >= 4 is 70.5 Å². The molecule has 3 nitrogen and oxygen atoms in total. The highest BCUT2D eigenvalue weighted by Gasteiger charge is 2.51. The van der Waals surface area contributed by atoms with Crippen LogP contribution in [0.2, 0.25) is 0 Å². The molecule has 4 heteroatoms. The van der Waals surface area contributed by atoms with E-state index in [1.54, 1.807) is 0 Å². The Kier molecular flexibility index (Phi) is 7.77. The van der Waals surface area contributed by atoms with E-state index in [1.807, 2.05) is 11.3 Å². The lowest BCUT2D eigenvalue weighted by Crippen LogP contribution is -2.32. The first-order valence-corrected chi connectivity index (χ1v) is 23.0. The topological polar surface area (TPSA) is 25.6 Å². The average molecular weight is 848 g/mol. The van der Waals surface area contributed by atoms with E-state index in [0.717, 1.165) is 72.8 Å². The van der Waals surface area contributed by atoms with Crippen LogP contribution in [0.4, 0.5) is 17.1 Å². The molecular formula is C61H37NO2S. The Bertz CT molecular complexity index is 3840. The fourth-order valence-corrected chi connectivity index (χ4v) is 12.2. The van der Waals surface area contributed by atoms with Gasteiger partial charge in [0, 0.05) is 48.1 Å². The van der Waals surface area contributed by atoms with Crippen LogP contribution in [-0.4, -0.2) is 0 Å². The van der Waals surface area contributed by atoms with Crippen molar-refractivity contribution in [3.8, 4) is 44.9 Å². The van der Waals surface area contributed by atoms with Crippen molar-refractivity contribution in [1.29, 1.82) is 0 Å². The fourth-order valence-electron chi connectivity index (χ4n) is 11.1. The van der Waals surface area contributed by atoms with Crippen LogP contribution in [0.3, 0.4) is 0 Å². The van der Waals surface area contributed by atoms with Gasteiger partial charge in [0.05, 0.1) is 22.5 Å². The minimum atomic E-state index is -0.568. The molecule has 0 N–H and O–H groups in total. The van der Waals surface area contributed by atoms with E-state index in [4.69, 9.17) is 9.15 Å². The Labute approximate surface area is 379 Å². The summed E-state index contributed by atoms with van der Waals surface area (Å²) < 4.78 is 16.7. The normalized spacial score (nSPS) is 13.2. The van der Waals surface area contributed by atoms with E-state index >= 15 is 0 Å². The first kappa shape index (κ1) is 36.3. The zero-order valence-electron chi connectivity index (χ0n) is 35.0. The molecule has 0 fully saturated rings. The molecule has 2 aliphatic rings. The van der Waals surface area contributed by atoms with Crippen molar-refractivity contribution in [3.05, 3.63) is 247 Å². The summed E-state index contributed by atoms with van der Waals surface area (Å²) in [5, 5.41) is 4.58. The van der Waals surface area contributed by atoms with Crippen LogP contribution in [0.1, 0.15) is 22.3 Å². The van der Waals surface area contributed by atoms with Gasteiger partial charge in [0.25, 0.3) is 0 Å². The molecule has 10 aromatic carbocycles. The number of hydrogen-bond acceptors (Lipinski definition) is 4. The number of benzene rings is 10. The monoisotopic (exact) mass is 847 g/mol. The predicted molar refractivity (Wildman–Crippen MR) is 270 cm³/mol. The molecule has 0 saturated heterocycles. The van der Waals surface area contributed by atoms with Gasteiger partial charge in [0.15, 0.2) is 5.58 Å². The highest BCUT2D eigenvalue weighted by molar-refractivity contribution is 7.26. The number of thiophene rings is 1. The smallest absolute Gasteiger partial charge is 0.160 e. The zero-order valence-corrected chi connectivity index (χ0v) is 35.9. The van der Waals surface area contributed by atoms with E-state index in [-0.39, 0.29) is 0 Å². The minimum Gasteiger partial charge on any atom is -0.457 e. The molecule has 1 aliphatic carbocycles. The summed E-state index contributed by atoms with van der Waals surface area (Å²) in [7, 11) is 0. The number of fused-ring (bicyclic) bond motifs is 15. The van der Waals surface area contributed by atoms with E-state index in [1.165, 1.54) is 53.6 Å². The highest BCUT2D eigenvalue weighted by Crippen LogP contribution is 2.63. The van der Waals surface area contributed by atoms with Crippen LogP contribution < -0.4 is 9.64 Å². The molecule has 3 heterocycles. The standard InChI is InChI=1S/C61H37NO2S/c1-3-16-38(17-4-1)40-30-35-56-46(36-40)59-51(26-15-29-57(59)65-56)62(52-34-32-42(39-18-5-2-6-19-39)58-45-22-9-13-27-53(45)64-60(52)58)41-31-33-50-55(37-41)63-54-28-14-12-25-49(54)61(50)47-23-10-7-20-43(47)44-21-8-11-24-48(44)61/h1-37H. The Morgan fingerprint density at radius 2 is 1.06 bits per heavy atom. The maximum absolute atomic E-state index is 7.13. The third-order valence-electron chi connectivity index (χ3n) is 13.7. The molecule has 2 aromatic heterocycles. The Balaban J connectivity index is 1.07. The maximum Gasteiger partial charge on any atom is 0.160 e. The van der Waals surface area contributed by atoms with Crippen LogP contribution in [0.15, 0.2) is 229 Å². The van der Waals surface area contributed by atoms with E-state index < -0.39 is 5.41 Å². The molecule has 0 atom stereocenters. The van der Waals surface area contributed by atoms with Crippen LogP contribution in [-0.2, 0) is 5.41 Å². The van der Waals surface area contributed by atoms with Crippen LogP contribution in [0, 0.1) is 0 Å². The summed E-state index contributed by atoms with van der Waals surface area (Å²) in [5.74, 6) is 1.69. The molecule has 0 saturated carbocycles. The van der Waals surface area contributed by atoms with Gasteiger partial charge in [-0.15, -0.1) is 11.3 Å². The first-order chi connectivity index (χ1) is 32.2. The second-order valence-corrected chi connectivity index (χ2v) is 18.2. The first-order valence-electron chi connectivity index (χ1n) is 22.2. The second kappa shape index (κ2) is 13.9. The Hall–Kier alpha value is -8.18. The van der Waals surface area contributed by atoms with Gasteiger partial charge < -0.3 is 14.1 Å². The number of nitrogens with zero attached hydrogens (tertiary/aromatic N) is 1. The SMILES string of the molecule is c1ccc(-c2ccc3sc4cccc(N(c5ccc6c(c5)Oc5ccccc5C65c6ccccc6-c6ccccc65)c5ccc(-c6ccccc6)c6c5oc5ccccc56)c4c3c2)cc1. The number of rotatable bonds is 5. The third-order valence-corrected chi connectivity index (χ3v) is 14.9. The molecule has 0 radical (unpaired) electrons. The molecule has 12 aromatic rings. The minimum absolute atomic E-state index is 0.568. The Morgan fingerprint density at radius 1 is 0.385 bits per heavy atom. The second-order valence-electron chi connectivity index (χ2n) is 17.1. The summed E-state index contributed by atoms with van der Waals surface area (Å²) in [6.45, 7) is 0. The lowest BCUT2D eigenvalue weighted by Gasteiger charge is -2.40. The van der Waals surface area contributed by atoms with Crippen molar-refractivity contribution in [1.82, 2.24) is 0 Å². The zero-order chi connectivity index (χ0) is 42.6. The third kappa shape index (κ3) is 5.17. The van der Waals surface area contributed by atoms with Gasteiger partial charge >= 0.3 is 0 Å². The molecule has 1 spiro atoms. The molecule has 304 valence electrons. The predicted octanol–water partition coefficient (Wildman–Crippen LogP) is 17.2. The van der Waals surface area contributed by atoms with Crippen LogP contribution in [0.25, 0.3) is 75.5 Å². The van der Waals surface area contributed by atoms with Crippen LogP contribution in [0.5, 0.6) is 11.5 Å². The van der Waals surface area contributed by atoms with Crippen molar-refractivity contribution < 1.29 is 9.15 Å². The number of para-hydroxylation sites is 2. The number of ether oxygens (including phenoxy) is 1. The molecule has 0 unspecified atom stereocenters. The lowest BCUT2D eigenvalue weighted by atomic mass is 9.66. The van der Waals surface area contributed by atoms with Crippen LogP contribution >= 0.6 is 11.3 Å². The molecule has 0 amide bonds. The fraction of sp³-hybridized carbons (Fsp3) is 0.0164. The van der Waals surface area contributed by atoms with Gasteiger partial charge in [0.1, 0.15) is 17.1 Å². The van der Waals surface area contributed by atoms with Gasteiger partial charge in [-0.2, -0.15) is 0 Å². The van der Waals surface area contributed by atoms with Gasteiger partial charge in [-0.3, -0.25) is 0 Å². The highest BCUT2D eigenvalue weighted by atomic mass is 32.1. The van der Waals surface area contributed by atoms with Crippen molar-refractivity contribution in [2.75, 3.05) is 4.90 Å². The van der Waals surface area contributed by atoms with E-state index in [0.29, 0.717) is 0 Å². The van der Waals surface area contributed by atoms with Gasteiger partial charge in [-0.25, -0.2) is 0 Å². The number of anilines is 3. The van der Waals surface area contributed by atoms with Crippen molar-refractivity contribution in [3.63, 3.8) is 0 Å². The summed E-state index contributed by atoms with van der Waals surface area (Å²) in [6, 6.07) is 81.2. The maximum atomic E-state index is 7.13. The molecule has 1 aliphatic heterocycles. The molecule has 0 bridgehead atoms. The van der Waals surface area contributed by atoms with Gasteiger partial charge in [-0.05, 0) is 93.0 Å². The summed E-state index contributed by atoms with van der Waals surface area (Å²) in [5.41, 5.74) is 16.1. The molecule has 65 heavy (non-hydrogen) atoms. The van der Waals surface area contributed by atoms with E-state index in [2.05, 4.69) is 229 Å². The number of furan rings is 1. The van der Waals surface area contributed by atoms with Crippen molar-refractivity contribution in [2.45, 2.75) is 5.41 Å². The van der Waals surface area contributed by atoms with Gasteiger partial charge in [-0.1, -0.05) is 170 Å². The van der Waals surface area contributed by atoms with E-state index in [9.17, 15) is 0 Å². The largest absolute Gasteiger partial charge is 0.457 e. The molecular weight excluding hydrogens is 811 g/mol. The lowest BCUT2D eigenvalue weighted by molar-refractivity contribution is 0.436. The Morgan fingerprint density at radius 3 is 1.86 bits per heavy atom. The summed E-state index contributed by atoms with van der Waals surface area (Å²) >= 11 is 1.83. The molecule has 14 rings (SSSR count). The van der Waals surface area contributed by atoms with Gasteiger partial charge in [0.2, 0.25) is 0 Å².